The van der Waals surface area contributed by atoms with Gasteiger partial charge in [-0.1, -0.05) is 26.2 Å². The maximum absolute atomic E-state index is 5.20. The second-order valence-corrected chi connectivity index (χ2v) is 4.90. The van der Waals surface area contributed by atoms with Crippen LogP contribution in [-0.4, -0.2) is 29.8 Å². The van der Waals surface area contributed by atoms with Gasteiger partial charge in [-0.05, 0) is 20.3 Å². The summed E-state index contributed by atoms with van der Waals surface area (Å²) < 4.78 is 7.37. The van der Waals surface area contributed by atoms with Gasteiger partial charge >= 0.3 is 0 Å². The van der Waals surface area contributed by atoms with E-state index in [1.54, 1.807) is 7.11 Å². The molecule has 0 aliphatic heterocycles. The fraction of sp³-hybridized carbons (Fsp3) is 0.786. The number of nitrogens with zero attached hydrogens (tertiary/aromatic N) is 2. The zero-order valence-electron chi connectivity index (χ0n) is 12.2. The first-order valence-corrected chi connectivity index (χ1v) is 6.97. The van der Waals surface area contributed by atoms with Crippen LogP contribution in [0.15, 0.2) is 6.20 Å². The molecule has 4 nitrogen and oxygen atoms in total. The van der Waals surface area contributed by atoms with Crippen molar-refractivity contribution in [3.63, 3.8) is 0 Å². The molecular formula is C14H27N3O. The zero-order chi connectivity index (χ0) is 13.4. The van der Waals surface area contributed by atoms with Crippen molar-refractivity contribution in [3.8, 4) is 0 Å². The molecule has 0 bridgehead atoms. The topological polar surface area (TPSA) is 39.1 Å². The van der Waals surface area contributed by atoms with Gasteiger partial charge in [0.25, 0.3) is 0 Å². The molecule has 1 rings (SSSR count). The Morgan fingerprint density at radius 1 is 1.39 bits per heavy atom. The molecule has 104 valence electrons. The summed E-state index contributed by atoms with van der Waals surface area (Å²) in [5, 5.41) is 3.43. The van der Waals surface area contributed by atoms with Gasteiger partial charge in [0.15, 0.2) is 0 Å². The first-order chi connectivity index (χ1) is 8.69. The van der Waals surface area contributed by atoms with E-state index in [2.05, 4.69) is 34.9 Å². The SMILES string of the molecule is CCCCCCNc1nc(C)cn1C(C)COC. The van der Waals surface area contributed by atoms with Crippen molar-refractivity contribution in [1.82, 2.24) is 9.55 Å². The average molecular weight is 253 g/mol. The first-order valence-electron chi connectivity index (χ1n) is 6.97. The molecular weight excluding hydrogens is 226 g/mol. The number of hydrogen-bond acceptors (Lipinski definition) is 3. The molecule has 1 aromatic rings. The van der Waals surface area contributed by atoms with Gasteiger partial charge in [-0.3, -0.25) is 0 Å². The Hall–Kier alpha value is -1.03. The lowest BCUT2D eigenvalue weighted by Crippen LogP contribution is -2.15. The molecule has 0 saturated carbocycles. The maximum Gasteiger partial charge on any atom is 0.203 e. The molecule has 0 aliphatic rings. The summed E-state index contributed by atoms with van der Waals surface area (Å²) in [5.41, 5.74) is 1.05. The van der Waals surface area contributed by atoms with Crippen LogP contribution in [-0.2, 0) is 4.74 Å². The number of imidazole rings is 1. The minimum absolute atomic E-state index is 0.314. The molecule has 0 spiro atoms. The smallest absolute Gasteiger partial charge is 0.203 e. The summed E-state index contributed by atoms with van der Waals surface area (Å²) in [6, 6.07) is 0.314. The lowest BCUT2D eigenvalue weighted by atomic mass is 10.2. The summed E-state index contributed by atoms with van der Waals surface area (Å²) in [4.78, 5) is 4.53. The Balaban J connectivity index is 2.48. The average Bonchev–Trinajstić information content (AvgIpc) is 2.71. The lowest BCUT2D eigenvalue weighted by Gasteiger charge is -2.16. The second kappa shape index (κ2) is 8.14. The van der Waals surface area contributed by atoms with Gasteiger partial charge in [0.1, 0.15) is 0 Å². The summed E-state index contributed by atoms with van der Waals surface area (Å²) >= 11 is 0. The standard InChI is InChI=1S/C14H27N3O/c1-5-6-7-8-9-15-14-16-12(2)10-17(14)13(3)11-18-4/h10,13H,5-9,11H2,1-4H3,(H,15,16). The Bertz CT molecular complexity index is 336. The van der Waals surface area contributed by atoms with Crippen molar-refractivity contribution in [2.24, 2.45) is 0 Å². The highest BCUT2D eigenvalue weighted by Gasteiger charge is 2.11. The molecule has 1 N–H and O–H groups in total. The zero-order valence-corrected chi connectivity index (χ0v) is 12.2. The number of anilines is 1. The van der Waals surface area contributed by atoms with Gasteiger partial charge in [0.2, 0.25) is 5.95 Å². The third kappa shape index (κ3) is 4.69. The van der Waals surface area contributed by atoms with E-state index in [-0.39, 0.29) is 0 Å². The maximum atomic E-state index is 5.20. The van der Waals surface area contributed by atoms with Crippen molar-refractivity contribution in [2.45, 2.75) is 52.5 Å². The Morgan fingerprint density at radius 2 is 2.17 bits per heavy atom. The van der Waals surface area contributed by atoms with Crippen molar-refractivity contribution < 1.29 is 4.74 Å². The van der Waals surface area contributed by atoms with Crippen LogP contribution in [0.25, 0.3) is 0 Å². The summed E-state index contributed by atoms with van der Waals surface area (Å²) in [7, 11) is 1.73. The molecule has 0 aliphatic carbocycles. The Labute approximate surface area is 111 Å². The molecule has 0 aromatic carbocycles. The lowest BCUT2D eigenvalue weighted by molar-refractivity contribution is 0.163. The van der Waals surface area contributed by atoms with Crippen LogP contribution in [0.1, 0.15) is 51.3 Å². The van der Waals surface area contributed by atoms with Gasteiger partial charge in [-0.15, -0.1) is 0 Å². The molecule has 0 fully saturated rings. The van der Waals surface area contributed by atoms with Crippen molar-refractivity contribution in [3.05, 3.63) is 11.9 Å². The van der Waals surface area contributed by atoms with E-state index in [0.29, 0.717) is 12.6 Å². The quantitative estimate of drug-likeness (QED) is 0.686. The van der Waals surface area contributed by atoms with Crippen LogP contribution in [0.5, 0.6) is 0 Å². The predicted molar refractivity (Wildman–Crippen MR) is 76.2 cm³/mol. The number of nitrogens with one attached hydrogen (secondary N) is 1. The normalized spacial score (nSPS) is 12.7. The molecule has 1 atom stereocenters. The van der Waals surface area contributed by atoms with E-state index < -0.39 is 0 Å². The van der Waals surface area contributed by atoms with Crippen molar-refractivity contribution in [1.29, 1.82) is 0 Å². The molecule has 0 radical (unpaired) electrons. The number of unbranched alkanes of at least 4 members (excludes halogenated alkanes) is 3. The largest absolute Gasteiger partial charge is 0.383 e. The molecule has 4 heteroatoms. The van der Waals surface area contributed by atoms with Crippen LogP contribution in [0.4, 0.5) is 5.95 Å². The van der Waals surface area contributed by atoms with Crippen molar-refractivity contribution >= 4 is 5.95 Å². The summed E-state index contributed by atoms with van der Waals surface area (Å²) in [5.74, 6) is 0.966. The monoisotopic (exact) mass is 253 g/mol. The Kier molecular flexibility index (Phi) is 6.80. The van der Waals surface area contributed by atoms with Gasteiger partial charge in [-0.2, -0.15) is 0 Å². The molecule has 0 amide bonds. The van der Waals surface area contributed by atoms with Gasteiger partial charge < -0.3 is 14.6 Å². The van der Waals surface area contributed by atoms with Gasteiger partial charge in [0, 0.05) is 19.9 Å². The van der Waals surface area contributed by atoms with Crippen LogP contribution in [0, 0.1) is 6.92 Å². The van der Waals surface area contributed by atoms with E-state index in [1.807, 2.05) is 6.92 Å². The number of methoxy groups -OCH3 is 1. The third-order valence-corrected chi connectivity index (χ3v) is 3.05. The molecule has 0 saturated heterocycles. The fourth-order valence-corrected chi connectivity index (χ4v) is 2.06. The molecule has 1 aromatic heterocycles. The van der Waals surface area contributed by atoms with E-state index in [9.17, 15) is 0 Å². The highest BCUT2D eigenvalue weighted by atomic mass is 16.5. The summed E-state index contributed by atoms with van der Waals surface area (Å²) in [6.45, 7) is 8.11. The number of rotatable bonds is 9. The van der Waals surface area contributed by atoms with Crippen molar-refractivity contribution in [2.75, 3.05) is 25.6 Å². The van der Waals surface area contributed by atoms with E-state index in [1.165, 1.54) is 25.7 Å². The number of hydrogen-bond donors (Lipinski definition) is 1. The summed E-state index contributed by atoms with van der Waals surface area (Å²) in [6.07, 6.45) is 7.17. The van der Waals surface area contributed by atoms with Crippen LogP contribution in [0.3, 0.4) is 0 Å². The Morgan fingerprint density at radius 3 is 2.83 bits per heavy atom. The minimum atomic E-state index is 0.314. The molecule has 1 heterocycles. The minimum Gasteiger partial charge on any atom is -0.383 e. The van der Waals surface area contributed by atoms with Crippen LogP contribution >= 0.6 is 0 Å². The van der Waals surface area contributed by atoms with Crippen LogP contribution in [0.2, 0.25) is 0 Å². The third-order valence-electron chi connectivity index (χ3n) is 3.05. The highest BCUT2D eigenvalue weighted by Crippen LogP contribution is 2.16. The predicted octanol–water partition coefficient (Wildman–Crippen LogP) is 3.39. The molecule has 1 unspecified atom stereocenters. The van der Waals surface area contributed by atoms with Crippen LogP contribution < -0.4 is 5.32 Å². The van der Waals surface area contributed by atoms with E-state index >= 15 is 0 Å². The molecule has 18 heavy (non-hydrogen) atoms. The number of aryl methyl sites for hydroxylation is 1. The first kappa shape index (κ1) is 15.0. The number of ether oxygens (including phenoxy) is 1. The van der Waals surface area contributed by atoms with E-state index in [0.717, 1.165) is 18.2 Å². The van der Waals surface area contributed by atoms with E-state index in [4.69, 9.17) is 4.74 Å². The van der Waals surface area contributed by atoms with Gasteiger partial charge in [0.05, 0.1) is 18.3 Å². The highest BCUT2D eigenvalue weighted by molar-refractivity contribution is 5.29. The fourth-order valence-electron chi connectivity index (χ4n) is 2.06. The number of aromatic nitrogens is 2. The van der Waals surface area contributed by atoms with Gasteiger partial charge in [-0.25, -0.2) is 4.98 Å². The second-order valence-electron chi connectivity index (χ2n) is 4.90.